The van der Waals surface area contributed by atoms with Crippen LogP contribution in [0.15, 0.2) is 16.7 Å². The van der Waals surface area contributed by atoms with Gasteiger partial charge in [0.15, 0.2) is 5.69 Å². The van der Waals surface area contributed by atoms with Crippen LogP contribution in [0.1, 0.15) is 10.5 Å². The van der Waals surface area contributed by atoms with Crippen molar-refractivity contribution in [2.75, 3.05) is 12.8 Å². The van der Waals surface area contributed by atoms with Crippen molar-refractivity contribution in [3.8, 4) is 0 Å². The highest BCUT2D eigenvalue weighted by molar-refractivity contribution is 9.10. The van der Waals surface area contributed by atoms with Crippen LogP contribution in [-0.2, 0) is 0 Å². The van der Waals surface area contributed by atoms with Gasteiger partial charge < -0.3 is 16.6 Å². The van der Waals surface area contributed by atoms with Gasteiger partial charge in [0, 0.05) is 17.8 Å². The summed E-state index contributed by atoms with van der Waals surface area (Å²) in [4.78, 5) is 14.3. The van der Waals surface area contributed by atoms with Crippen LogP contribution in [0.3, 0.4) is 0 Å². The third-order valence-corrected chi connectivity index (χ3v) is 1.55. The number of hydrogen-bond donors (Lipinski definition) is 3. The fraction of sp³-hybridized carbons (Fsp3) is 0.143. The van der Waals surface area contributed by atoms with E-state index in [2.05, 4.69) is 20.9 Å². The lowest BCUT2D eigenvalue weighted by Crippen LogP contribution is -2.15. The maximum absolute atomic E-state index is 10.6. The van der Waals surface area contributed by atoms with Crippen molar-refractivity contribution < 1.29 is 9.90 Å². The number of carbonyl (C=O) groups is 1. The van der Waals surface area contributed by atoms with Gasteiger partial charge in [-0.25, -0.2) is 4.98 Å². The molecule has 1 aromatic heterocycles. The van der Waals surface area contributed by atoms with Crippen LogP contribution in [0.4, 0.5) is 5.69 Å². The molecule has 72 valence electrons. The monoisotopic (exact) mass is 247 g/mol. The van der Waals surface area contributed by atoms with Gasteiger partial charge in [0.2, 0.25) is 0 Å². The smallest absolute Gasteiger partial charge is 0.269 e. The molecule has 6 heteroatoms. The van der Waals surface area contributed by atoms with Gasteiger partial charge in [-0.2, -0.15) is 0 Å². The van der Waals surface area contributed by atoms with E-state index < -0.39 is 5.91 Å². The standard InChI is InChI=1S/C6H6BrN3O.CH4O/c7-3-1-4(8)5(6(9)11)10-2-3;1-2/h1-2H,8H2,(H2,9,11);2H,1H3. The number of nitrogen functional groups attached to an aromatic ring is 1. The van der Waals surface area contributed by atoms with Crippen molar-refractivity contribution in [2.24, 2.45) is 5.73 Å². The number of nitrogens with zero attached hydrogens (tertiary/aromatic N) is 1. The van der Waals surface area contributed by atoms with E-state index in [1.165, 1.54) is 6.20 Å². The molecule has 0 bridgehead atoms. The van der Waals surface area contributed by atoms with Crippen LogP contribution in [0.2, 0.25) is 0 Å². The first kappa shape index (κ1) is 11.9. The summed E-state index contributed by atoms with van der Waals surface area (Å²) in [5.41, 5.74) is 10.8. The first-order valence-corrected chi connectivity index (χ1v) is 4.06. The molecule has 0 aromatic carbocycles. The number of amides is 1. The van der Waals surface area contributed by atoms with Crippen LogP contribution >= 0.6 is 15.9 Å². The normalized spacial score (nSPS) is 8.54. The second-order valence-electron chi connectivity index (χ2n) is 1.96. The maximum atomic E-state index is 10.6. The summed E-state index contributed by atoms with van der Waals surface area (Å²) in [6.07, 6.45) is 1.47. The Balaban J connectivity index is 0.000000671. The molecule has 1 amide bonds. The Bertz CT molecular complexity index is 304. The number of pyridine rings is 1. The summed E-state index contributed by atoms with van der Waals surface area (Å²) in [5.74, 6) is -0.616. The number of hydrogen-bond acceptors (Lipinski definition) is 4. The second-order valence-corrected chi connectivity index (χ2v) is 2.87. The summed E-state index contributed by atoms with van der Waals surface area (Å²) < 4.78 is 0.722. The van der Waals surface area contributed by atoms with E-state index in [0.717, 1.165) is 11.6 Å². The number of primary amides is 1. The molecule has 0 radical (unpaired) electrons. The highest BCUT2D eigenvalue weighted by atomic mass is 79.9. The summed E-state index contributed by atoms with van der Waals surface area (Å²) in [6, 6.07) is 1.58. The van der Waals surface area contributed by atoms with Crippen molar-refractivity contribution in [3.63, 3.8) is 0 Å². The number of rotatable bonds is 1. The van der Waals surface area contributed by atoms with Gasteiger partial charge in [-0.05, 0) is 22.0 Å². The average Bonchev–Trinajstić information content (AvgIpc) is 2.07. The lowest BCUT2D eigenvalue weighted by atomic mass is 10.3. The third kappa shape index (κ3) is 3.39. The minimum atomic E-state index is -0.616. The summed E-state index contributed by atoms with van der Waals surface area (Å²) in [6.45, 7) is 0. The van der Waals surface area contributed by atoms with Crippen molar-refractivity contribution in [1.29, 1.82) is 0 Å². The topological polar surface area (TPSA) is 102 Å². The second kappa shape index (κ2) is 5.50. The highest BCUT2D eigenvalue weighted by Crippen LogP contribution is 2.14. The van der Waals surface area contributed by atoms with Gasteiger partial charge in [0.05, 0.1) is 5.69 Å². The van der Waals surface area contributed by atoms with E-state index in [0.29, 0.717) is 0 Å². The molecule has 0 aliphatic rings. The molecule has 0 spiro atoms. The van der Waals surface area contributed by atoms with Crippen LogP contribution in [0.5, 0.6) is 0 Å². The SMILES string of the molecule is CO.NC(=O)c1ncc(Br)cc1N. The van der Waals surface area contributed by atoms with Crippen LogP contribution in [-0.4, -0.2) is 23.1 Å². The quantitative estimate of drug-likeness (QED) is 0.657. The van der Waals surface area contributed by atoms with E-state index in [1.807, 2.05) is 0 Å². The van der Waals surface area contributed by atoms with E-state index >= 15 is 0 Å². The lowest BCUT2D eigenvalue weighted by molar-refractivity contribution is 0.0996. The summed E-state index contributed by atoms with van der Waals surface area (Å²) in [5, 5.41) is 7.00. The first-order chi connectivity index (χ1) is 6.11. The Morgan fingerprint density at radius 1 is 1.62 bits per heavy atom. The molecule has 1 rings (SSSR count). The van der Waals surface area contributed by atoms with Crippen LogP contribution in [0, 0.1) is 0 Å². The van der Waals surface area contributed by atoms with E-state index in [9.17, 15) is 4.79 Å². The molecule has 0 aliphatic carbocycles. The Labute approximate surface area is 83.9 Å². The Kier molecular flexibility index (Phi) is 5.01. The van der Waals surface area contributed by atoms with Crippen molar-refractivity contribution in [1.82, 2.24) is 4.98 Å². The zero-order valence-electron chi connectivity index (χ0n) is 6.99. The molecule has 5 N–H and O–H groups in total. The fourth-order valence-electron chi connectivity index (χ4n) is 0.661. The third-order valence-electron chi connectivity index (χ3n) is 1.12. The summed E-state index contributed by atoms with van der Waals surface area (Å²) >= 11 is 3.15. The largest absolute Gasteiger partial charge is 0.400 e. The van der Waals surface area contributed by atoms with Crippen LogP contribution in [0.25, 0.3) is 0 Å². The number of aromatic nitrogens is 1. The zero-order chi connectivity index (χ0) is 10.4. The number of aliphatic hydroxyl groups is 1. The van der Waals surface area contributed by atoms with Gasteiger partial charge in [-0.3, -0.25) is 4.79 Å². The zero-order valence-corrected chi connectivity index (χ0v) is 8.58. The Hall–Kier alpha value is -1.14. The molecule has 1 aromatic rings. The minimum Gasteiger partial charge on any atom is -0.400 e. The summed E-state index contributed by atoms with van der Waals surface area (Å²) in [7, 11) is 1.00. The minimum absolute atomic E-state index is 0.105. The van der Waals surface area contributed by atoms with Gasteiger partial charge in [0.25, 0.3) is 5.91 Å². The molecule has 0 saturated heterocycles. The van der Waals surface area contributed by atoms with Crippen molar-refractivity contribution in [2.45, 2.75) is 0 Å². The fourth-order valence-corrected chi connectivity index (χ4v) is 1.01. The van der Waals surface area contributed by atoms with E-state index in [-0.39, 0.29) is 11.4 Å². The first-order valence-electron chi connectivity index (χ1n) is 3.27. The molecule has 0 fully saturated rings. The molecular formula is C7H10BrN3O2. The van der Waals surface area contributed by atoms with Crippen molar-refractivity contribution in [3.05, 3.63) is 22.4 Å². The van der Waals surface area contributed by atoms with Gasteiger partial charge >= 0.3 is 0 Å². The number of anilines is 1. The number of carbonyl (C=O) groups excluding carboxylic acids is 1. The predicted octanol–water partition coefficient (Wildman–Crippen LogP) is 0.134. The molecule has 5 nitrogen and oxygen atoms in total. The highest BCUT2D eigenvalue weighted by Gasteiger charge is 2.06. The van der Waals surface area contributed by atoms with Crippen molar-refractivity contribution >= 4 is 27.5 Å². The number of nitrogens with two attached hydrogens (primary N) is 2. The Morgan fingerprint density at radius 3 is 2.54 bits per heavy atom. The van der Waals surface area contributed by atoms with Gasteiger partial charge in [-0.1, -0.05) is 0 Å². The van der Waals surface area contributed by atoms with Gasteiger partial charge in [0.1, 0.15) is 0 Å². The number of aliphatic hydroxyl groups excluding tert-OH is 1. The number of halogens is 1. The molecular weight excluding hydrogens is 238 g/mol. The maximum Gasteiger partial charge on any atom is 0.269 e. The molecule has 1 heterocycles. The molecule has 0 aliphatic heterocycles. The predicted molar refractivity (Wildman–Crippen MR) is 53.0 cm³/mol. The van der Waals surface area contributed by atoms with Gasteiger partial charge in [-0.15, -0.1) is 0 Å². The molecule has 0 atom stereocenters. The average molecular weight is 248 g/mol. The lowest BCUT2D eigenvalue weighted by Gasteiger charge is -1.98. The molecule has 13 heavy (non-hydrogen) atoms. The van der Waals surface area contributed by atoms with Crippen LogP contribution < -0.4 is 11.5 Å². The molecule has 0 unspecified atom stereocenters. The van der Waals surface area contributed by atoms with E-state index in [4.69, 9.17) is 16.6 Å². The molecule has 0 saturated carbocycles. The van der Waals surface area contributed by atoms with E-state index in [1.54, 1.807) is 6.07 Å². The Morgan fingerprint density at radius 2 is 2.15 bits per heavy atom.